The summed E-state index contributed by atoms with van der Waals surface area (Å²) >= 11 is 0. The highest BCUT2D eigenvalue weighted by Gasteiger charge is 2.47. The molecule has 1 aliphatic rings. The van der Waals surface area contributed by atoms with E-state index < -0.39 is 5.91 Å². The van der Waals surface area contributed by atoms with Crippen LogP contribution in [0.25, 0.3) is 32.8 Å². The molecular weight excluding hydrogens is 378 g/mol. The second-order valence-electron chi connectivity index (χ2n) is 7.93. The molecule has 2 aromatic carbocycles. The Balaban J connectivity index is 1.51. The summed E-state index contributed by atoms with van der Waals surface area (Å²) in [6.07, 6.45) is 4.07. The molecule has 0 spiro atoms. The predicted molar refractivity (Wildman–Crippen MR) is 118 cm³/mol. The average Bonchev–Trinajstić information content (AvgIpc) is 3.40. The minimum Gasteiger partial charge on any atom is -0.398 e. The molecule has 7 nitrogen and oxygen atoms in total. The molecule has 4 aromatic rings. The Kier molecular flexibility index (Phi) is 3.99. The molecule has 1 aliphatic carbocycles. The summed E-state index contributed by atoms with van der Waals surface area (Å²) in [6.45, 7) is 2.07. The number of carbonyl (C=O) groups is 2. The van der Waals surface area contributed by atoms with E-state index in [0.29, 0.717) is 17.9 Å². The van der Waals surface area contributed by atoms with Crippen LogP contribution in [0.4, 0.5) is 11.5 Å². The Morgan fingerprint density at radius 1 is 1.13 bits per heavy atom. The van der Waals surface area contributed by atoms with Gasteiger partial charge in [-0.2, -0.15) is 0 Å². The third-order valence-electron chi connectivity index (χ3n) is 5.82. The minimum atomic E-state index is -0.436. The van der Waals surface area contributed by atoms with Crippen LogP contribution in [-0.2, 0) is 9.59 Å². The number of carbonyl (C=O) groups excluding carboxylic acids is 2. The van der Waals surface area contributed by atoms with Crippen LogP contribution in [-0.4, -0.2) is 21.8 Å². The predicted octanol–water partition coefficient (Wildman–Crippen LogP) is 3.33. The number of benzene rings is 2. The van der Waals surface area contributed by atoms with Crippen molar-refractivity contribution in [2.45, 2.75) is 13.3 Å². The summed E-state index contributed by atoms with van der Waals surface area (Å²) in [5, 5.41) is 5.62. The summed E-state index contributed by atoms with van der Waals surface area (Å²) in [7, 11) is 0. The molecule has 5 rings (SSSR count). The third-order valence-corrected chi connectivity index (χ3v) is 5.82. The molecule has 1 saturated carbocycles. The second-order valence-corrected chi connectivity index (χ2v) is 7.93. The van der Waals surface area contributed by atoms with E-state index in [2.05, 4.69) is 34.3 Å². The monoisotopic (exact) mass is 399 g/mol. The Hall–Kier alpha value is -3.87. The lowest BCUT2D eigenvalue weighted by molar-refractivity contribution is -0.123. The van der Waals surface area contributed by atoms with Crippen molar-refractivity contribution in [2.24, 2.45) is 17.6 Å². The van der Waals surface area contributed by atoms with Gasteiger partial charge >= 0.3 is 0 Å². The number of rotatable bonds is 4. The molecule has 6 N–H and O–H groups in total. The van der Waals surface area contributed by atoms with E-state index in [-0.39, 0.29) is 17.7 Å². The van der Waals surface area contributed by atoms with Crippen molar-refractivity contribution >= 4 is 45.0 Å². The number of pyridine rings is 1. The van der Waals surface area contributed by atoms with Crippen molar-refractivity contribution in [2.75, 3.05) is 11.1 Å². The van der Waals surface area contributed by atoms with Gasteiger partial charge in [0.1, 0.15) is 5.82 Å². The van der Waals surface area contributed by atoms with Gasteiger partial charge in [0, 0.05) is 29.0 Å². The quantitative estimate of drug-likeness (QED) is 0.393. The van der Waals surface area contributed by atoms with Gasteiger partial charge in [-0.1, -0.05) is 0 Å². The molecule has 150 valence electrons. The number of nitrogens with one attached hydrogen (secondary N) is 2. The number of aromatic amines is 1. The van der Waals surface area contributed by atoms with E-state index in [9.17, 15) is 9.59 Å². The first kappa shape index (κ1) is 18.2. The highest BCUT2D eigenvalue weighted by atomic mass is 16.2. The number of fused-ring (bicyclic) bond motifs is 2. The van der Waals surface area contributed by atoms with Crippen molar-refractivity contribution in [1.29, 1.82) is 0 Å². The third kappa shape index (κ3) is 3.04. The van der Waals surface area contributed by atoms with Crippen LogP contribution < -0.4 is 16.8 Å². The number of hydrogen-bond donors (Lipinski definition) is 4. The summed E-state index contributed by atoms with van der Waals surface area (Å²) in [4.78, 5) is 31.1. The standard InChI is InChI=1S/C23H21N5O2/c1-11-4-20-12(2-3-26-20)6-15(11)13-5-14-8-21(27-10-18(14)19(24)7-13)28-23(30)17-9-16(17)22(25)29/h2-8,10,16-17,26H,9,24H2,1H3,(H2,25,29)(H,27,28,30)/t16-,17?/m1/s1. The molecule has 0 aliphatic heterocycles. The smallest absolute Gasteiger partial charge is 0.229 e. The maximum atomic E-state index is 12.3. The molecule has 2 aromatic heterocycles. The van der Waals surface area contributed by atoms with Crippen LogP contribution in [0, 0.1) is 18.8 Å². The van der Waals surface area contributed by atoms with E-state index >= 15 is 0 Å². The molecule has 2 amide bonds. The van der Waals surface area contributed by atoms with Gasteiger partial charge in [0.15, 0.2) is 0 Å². The molecule has 2 atom stereocenters. The summed E-state index contributed by atoms with van der Waals surface area (Å²) in [5.41, 5.74) is 16.5. The van der Waals surface area contributed by atoms with Gasteiger partial charge in [0.05, 0.1) is 11.8 Å². The highest BCUT2D eigenvalue weighted by Crippen LogP contribution is 2.39. The number of primary amides is 1. The average molecular weight is 399 g/mol. The lowest BCUT2D eigenvalue weighted by Gasteiger charge is -2.12. The van der Waals surface area contributed by atoms with E-state index in [4.69, 9.17) is 11.5 Å². The van der Waals surface area contributed by atoms with Crippen LogP contribution >= 0.6 is 0 Å². The Labute approximate surface area is 172 Å². The lowest BCUT2D eigenvalue weighted by atomic mass is 9.96. The molecular formula is C23H21N5O2. The SMILES string of the molecule is Cc1cc2[nH]ccc2cc1-c1cc(N)c2cnc(NC(=O)C3C[C@H]3C(N)=O)cc2c1. The summed E-state index contributed by atoms with van der Waals surface area (Å²) < 4.78 is 0. The molecule has 0 radical (unpaired) electrons. The zero-order chi connectivity index (χ0) is 21.0. The number of aryl methyl sites for hydroxylation is 1. The Bertz CT molecular complexity index is 1340. The van der Waals surface area contributed by atoms with Gasteiger partial charge < -0.3 is 21.8 Å². The van der Waals surface area contributed by atoms with Crippen LogP contribution in [0.1, 0.15) is 12.0 Å². The van der Waals surface area contributed by atoms with E-state index in [1.54, 1.807) is 12.3 Å². The zero-order valence-corrected chi connectivity index (χ0v) is 16.4. The number of aromatic nitrogens is 2. The maximum absolute atomic E-state index is 12.3. The Morgan fingerprint density at radius 3 is 2.73 bits per heavy atom. The lowest BCUT2D eigenvalue weighted by Crippen LogP contribution is -2.21. The fraction of sp³-hybridized carbons (Fsp3) is 0.174. The number of nitrogens with zero attached hydrogens (tertiary/aromatic N) is 1. The minimum absolute atomic E-state index is 0.233. The number of nitrogens with two attached hydrogens (primary N) is 2. The molecule has 1 fully saturated rings. The van der Waals surface area contributed by atoms with Gasteiger partial charge in [-0.25, -0.2) is 4.98 Å². The maximum Gasteiger partial charge on any atom is 0.229 e. The van der Waals surface area contributed by atoms with Crippen LogP contribution in [0.5, 0.6) is 0 Å². The van der Waals surface area contributed by atoms with Crippen LogP contribution in [0.15, 0.2) is 48.8 Å². The fourth-order valence-electron chi connectivity index (χ4n) is 4.05. The molecule has 2 heterocycles. The first-order valence-electron chi connectivity index (χ1n) is 9.78. The molecule has 0 bridgehead atoms. The number of hydrogen-bond acceptors (Lipinski definition) is 4. The molecule has 1 unspecified atom stereocenters. The van der Waals surface area contributed by atoms with E-state index in [1.807, 2.05) is 24.4 Å². The van der Waals surface area contributed by atoms with Crippen molar-refractivity contribution in [3.63, 3.8) is 0 Å². The number of H-pyrrole nitrogens is 1. The first-order chi connectivity index (χ1) is 14.4. The first-order valence-corrected chi connectivity index (χ1v) is 9.78. The molecule has 0 saturated heterocycles. The van der Waals surface area contributed by atoms with E-state index in [1.165, 1.54) is 0 Å². The van der Waals surface area contributed by atoms with Gasteiger partial charge in [-0.05, 0) is 77.2 Å². The van der Waals surface area contributed by atoms with E-state index in [0.717, 1.165) is 38.4 Å². The normalized spacial score (nSPS) is 17.9. The van der Waals surface area contributed by atoms with Gasteiger partial charge in [-0.3, -0.25) is 9.59 Å². The summed E-state index contributed by atoms with van der Waals surface area (Å²) in [5.74, 6) is -0.986. The van der Waals surface area contributed by atoms with Gasteiger partial charge in [0.2, 0.25) is 11.8 Å². The fourth-order valence-corrected chi connectivity index (χ4v) is 4.05. The number of amides is 2. The highest BCUT2D eigenvalue weighted by molar-refractivity contribution is 6.02. The largest absolute Gasteiger partial charge is 0.398 e. The molecule has 7 heteroatoms. The topological polar surface area (TPSA) is 127 Å². The van der Waals surface area contributed by atoms with Crippen molar-refractivity contribution in [1.82, 2.24) is 9.97 Å². The Morgan fingerprint density at radius 2 is 1.97 bits per heavy atom. The second kappa shape index (κ2) is 6.59. The van der Waals surface area contributed by atoms with Crippen molar-refractivity contribution < 1.29 is 9.59 Å². The number of anilines is 2. The zero-order valence-electron chi connectivity index (χ0n) is 16.4. The summed E-state index contributed by atoms with van der Waals surface area (Å²) in [6, 6.07) is 12.1. The van der Waals surface area contributed by atoms with Crippen molar-refractivity contribution in [3.05, 3.63) is 54.4 Å². The van der Waals surface area contributed by atoms with Crippen LogP contribution in [0.3, 0.4) is 0 Å². The van der Waals surface area contributed by atoms with Crippen molar-refractivity contribution in [3.8, 4) is 11.1 Å². The van der Waals surface area contributed by atoms with Gasteiger partial charge in [-0.15, -0.1) is 0 Å². The van der Waals surface area contributed by atoms with Gasteiger partial charge in [0.25, 0.3) is 0 Å². The molecule has 30 heavy (non-hydrogen) atoms. The van der Waals surface area contributed by atoms with Crippen LogP contribution in [0.2, 0.25) is 0 Å². The number of nitrogen functional groups attached to an aromatic ring is 1.